The second kappa shape index (κ2) is 12.6. The third-order valence-electron chi connectivity index (χ3n) is 6.10. The molecule has 0 fully saturated rings. The lowest BCUT2D eigenvalue weighted by atomic mass is 9.85. The third kappa shape index (κ3) is 10.1. The van der Waals surface area contributed by atoms with Gasteiger partial charge >= 0.3 is 5.97 Å². The maximum atomic E-state index is 11.1. The zero-order valence-electron chi connectivity index (χ0n) is 25.3. The summed E-state index contributed by atoms with van der Waals surface area (Å²) in [5.41, 5.74) is 3.08. The number of ether oxygens (including phenoxy) is 1. The van der Waals surface area contributed by atoms with Crippen molar-refractivity contribution in [2.45, 2.75) is 110 Å². The summed E-state index contributed by atoms with van der Waals surface area (Å²) < 4.78 is 19.5. The molecule has 1 aromatic heterocycles. The molecule has 0 atom stereocenters. The Bertz CT molecular complexity index is 1120. The molecule has 5 nitrogen and oxygen atoms in total. The molecule has 0 aliphatic carbocycles. The molecule has 212 valence electrons. The first-order chi connectivity index (χ1) is 17.3. The average Bonchev–Trinajstić information content (AvgIpc) is 3.26. The molecule has 0 saturated heterocycles. The van der Waals surface area contributed by atoms with Crippen LogP contribution < -0.4 is 4.74 Å². The molecule has 0 radical (unpaired) electrons. The van der Waals surface area contributed by atoms with Crippen LogP contribution in [0.15, 0.2) is 35.7 Å². The summed E-state index contributed by atoms with van der Waals surface area (Å²) in [6.45, 7) is 24.4. The van der Waals surface area contributed by atoms with E-state index in [1.807, 2.05) is 24.4 Å². The summed E-state index contributed by atoms with van der Waals surface area (Å²) in [4.78, 5) is 12.2. The average molecular weight is 577 g/mol. The smallest absolute Gasteiger partial charge is 0.328 e. The van der Waals surface area contributed by atoms with Crippen molar-refractivity contribution in [3.8, 4) is 5.75 Å². The Morgan fingerprint density at radius 2 is 1.45 bits per heavy atom. The van der Waals surface area contributed by atoms with E-state index in [2.05, 4.69) is 81.4 Å². The van der Waals surface area contributed by atoms with Crippen molar-refractivity contribution < 1.29 is 23.5 Å². The Morgan fingerprint density at radius 1 is 0.895 bits per heavy atom. The lowest BCUT2D eigenvalue weighted by Crippen LogP contribution is -2.34. The molecule has 1 N–H and O–H groups in total. The molecular weight excluding hydrogens is 529 g/mol. The number of hydrogen-bond acceptors (Lipinski definition) is 5. The van der Waals surface area contributed by atoms with Crippen molar-refractivity contribution in [3.05, 3.63) is 57.3 Å². The molecule has 8 heteroatoms. The highest BCUT2D eigenvalue weighted by atomic mass is 32.1. The molecule has 0 aliphatic heterocycles. The van der Waals surface area contributed by atoms with Crippen molar-refractivity contribution in [3.63, 3.8) is 0 Å². The van der Waals surface area contributed by atoms with Crippen LogP contribution in [0.1, 0.15) is 104 Å². The highest BCUT2D eigenvalue weighted by molar-refractivity contribution is 7.10. The van der Waals surface area contributed by atoms with Crippen LogP contribution in [0.5, 0.6) is 5.75 Å². The number of aliphatic carboxylic acids is 1. The van der Waals surface area contributed by atoms with Crippen LogP contribution in [-0.2, 0) is 31.5 Å². The van der Waals surface area contributed by atoms with Crippen molar-refractivity contribution >= 4 is 42.4 Å². The lowest BCUT2D eigenvalue weighted by Gasteiger charge is -2.37. The van der Waals surface area contributed by atoms with Crippen LogP contribution in [0.25, 0.3) is 5.57 Å². The number of rotatable bonds is 12. The van der Waals surface area contributed by atoms with Crippen LogP contribution in [0.4, 0.5) is 0 Å². The second-order valence-corrected chi connectivity index (χ2v) is 19.8. The molecule has 0 unspecified atom stereocenters. The minimum Gasteiger partial charge on any atom is -0.488 e. The Kier molecular flexibility index (Phi) is 10.8. The fourth-order valence-corrected chi connectivity index (χ4v) is 6.62. The van der Waals surface area contributed by atoms with Crippen LogP contribution in [-0.4, -0.2) is 30.6 Å². The summed E-state index contributed by atoms with van der Waals surface area (Å²) in [6, 6.07) is 8.30. The Morgan fingerprint density at radius 3 is 1.95 bits per heavy atom. The normalized spacial score (nSPS) is 14.2. The van der Waals surface area contributed by atoms with Crippen LogP contribution in [0.2, 0.25) is 10.1 Å². The van der Waals surface area contributed by atoms with Gasteiger partial charge in [-0.2, -0.15) is 0 Å². The molecule has 2 rings (SSSR count). The Hall–Kier alpha value is -1.72. The van der Waals surface area contributed by atoms with Gasteiger partial charge in [-0.25, -0.2) is 4.79 Å². The highest BCUT2D eigenvalue weighted by Gasteiger charge is 2.34. The fraction of sp³-hybridized carbons (Fsp3) is 0.567. The number of allylic oxidation sites excluding steroid dienone is 1. The van der Waals surface area contributed by atoms with E-state index in [9.17, 15) is 4.79 Å². The number of benzene rings is 1. The molecule has 0 aliphatic rings. The van der Waals surface area contributed by atoms with E-state index in [0.717, 1.165) is 32.9 Å². The standard InChI is InChI=1S/C30H48O5SSi2/c1-12-20(16-26(31)32)21-15-23(36-19-21)18-33-22-13-14-24(29(8,9)34-37-27(2,3)4)25(17-22)30(10,11)35-38-28(5,6)7/h13-17,19H,12,18,37-38H2,1-11H3,(H,31,32). The van der Waals surface area contributed by atoms with Crippen molar-refractivity contribution in [2.75, 3.05) is 0 Å². The molecule has 1 heterocycles. The van der Waals surface area contributed by atoms with E-state index in [0.29, 0.717) is 13.0 Å². The van der Waals surface area contributed by atoms with Gasteiger partial charge in [-0.1, -0.05) is 54.5 Å². The quantitative estimate of drug-likeness (QED) is 0.212. The maximum absolute atomic E-state index is 11.1. The molecule has 2 aromatic rings. The number of carbonyl (C=O) groups is 1. The number of carboxylic acid groups (broad SMARTS) is 1. The van der Waals surface area contributed by atoms with Crippen molar-refractivity contribution in [1.82, 2.24) is 0 Å². The first kappa shape index (κ1) is 32.5. The SMILES string of the molecule is CCC(=CC(=O)O)c1csc(COc2ccc(C(C)(C)O[SiH2]C(C)(C)C)c(C(C)(C)O[SiH2]C(C)(C)C)c2)c1. The van der Waals surface area contributed by atoms with Gasteiger partial charge in [-0.05, 0) is 90.0 Å². The highest BCUT2D eigenvalue weighted by Crippen LogP contribution is 2.40. The summed E-state index contributed by atoms with van der Waals surface area (Å²) in [7, 11) is -1.56. The van der Waals surface area contributed by atoms with Gasteiger partial charge in [0.2, 0.25) is 0 Å². The van der Waals surface area contributed by atoms with Crippen molar-refractivity contribution in [2.24, 2.45) is 0 Å². The van der Waals surface area contributed by atoms with Gasteiger partial charge in [-0.3, -0.25) is 0 Å². The van der Waals surface area contributed by atoms with Gasteiger partial charge in [0.1, 0.15) is 12.4 Å². The van der Waals surface area contributed by atoms with E-state index in [1.165, 1.54) is 6.08 Å². The Balaban J connectivity index is 2.36. The summed E-state index contributed by atoms with van der Waals surface area (Å²) in [5.74, 6) is -0.136. The Labute approximate surface area is 238 Å². The fourth-order valence-electron chi connectivity index (χ4n) is 3.90. The molecule has 0 saturated carbocycles. The van der Waals surface area contributed by atoms with Crippen LogP contribution in [0.3, 0.4) is 0 Å². The van der Waals surface area contributed by atoms with Gasteiger partial charge in [0.05, 0.1) is 11.2 Å². The lowest BCUT2D eigenvalue weighted by molar-refractivity contribution is -0.131. The van der Waals surface area contributed by atoms with E-state index in [-0.39, 0.29) is 10.1 Å². The van der Waals surface area contributed by atoms with E-state index >= 15 is 0 Å². The summed E-state index contributed by atoms with van der Waals surface area (Å²) >= 11 is 1.58. The van der Waals surface area contributed by atoms with Crippen LogP contribution >= 0.6 is 11.3 Å². The molecule has 0 spiro atoms. The number of carboxylic acids is 1. The molecular formula is C30H48O5SSi2. The molecule has 38 heavy (non-hydrogen) atoms. The van der Waals surface area contributed by atoms with Gasteiger partial charge in [-0.15, -0.1) is 11.3 Å². The van der Waals surface area contributed by atoms with Gasteiger partial charge in [0.15, 0.2) is 19.5 Å². The number of thiophene rings is 1. The maximum Gasteiger partial charge on any atom is 0.328 e. The monoisotopic (exact) mass is 576 g/mol. The zero-order chi connectivity index (χ0) is 28.9. The second-order valence-electron chi connectivity index (χ2n) is 13.4. The molecule has 0 amide bonds. The van der Waals surface area contributed by atoms with Gasteiger partial charge in [0, 0.05) is 11.0 Å². The van der Waals surface area contributed by atoms with E-state index in [1.54, 1.807) is 11.3 Å². The minimum atomic E-state index is -0.921. The van der Waals surface area contributed by atoms with Crippen molar-refractivity contribution in [1.29, 1.82) is 0 Å². The first-order valence-corrected chi connectivity index (χ1v) is 16.8. The summed E-state index contributed by atoms with van der Waals surface area (Å²) in [6.07, 6.45) is 1.95. The first-order valence-electron chi connectivity index (χ1n) is 13.4. The third-order valence-corrected chi connectivity index (χ3v) is 10.5. The van der Waals surface area contributed by atoms with Gasteiger partial charge < -0.3 is 18.7 Å². The van der Waals surface area contributed by atoms with Crippen LogP contribution in [0, 0.1) is 0 Å². The zero-order valence-corrected chi connectivity index (χ0v) is 28.9. The van der Waals surface area contributed by atoms with Gasteiger partial charge in [0.25, 0.3) is 0 Å². The van der Waals surface area contributed by atoms with E-state index < -0.39 is 36.7 Å². The molecule has 0 bridgehead atoms. The predicted molar refractivity (Wildman–Crippen MR) is 166 cm³/mol. The topological polar surface area (TPSA) is 65.0 Å². The minimum absolute atomic E-state index is 0.181. The largest absolute Gasteiger partial charge is 0.488 e. The number of hydrogen-bond donors (Lipinski definition) is 1. The predicted octanol–water partition coefficient (Wildman–Crippen LogP) is 7.31. The van der Waals surface area contributed by atoms with E-state index in [4.69, 9.17) is 18.7 Å². The summed E-state index contributed by atoms with van der Waals surface area (Å²) in [5, 5.41) is 11.5. The molecule has 1 aromatic carbocycles.